The molecule has 6 nitrogen and oxygen atoms in total. The van der Waals surface area contributed by atoms with E-state index >= 15 is 0 Å². The minimum absolute atomic E-state index is 0.347. The van der Waals surface area contributed by atoms with Crippen molar-refractivity contribution >= 4 is 17.3 Å². The van der Waals surface area contributed by atoms with Crippen molar-refractivity contribution in [1.82, 2.24) is 10.2 Å². The number of phenols is 1. The molecule has 1 aliphatic rings. The summed E-state index contributed by atoms with van der Waals surface area (Å²) in [4.78, 5) is 8.93. The van der Waals surface area contributed by atoms with Crippen molar-refractivity contribution in [1.29, 1.82) is 0 Å². The molecular formula is C21H29N5O. The number of anilines is 2. The van der Waals surface area contributed by atoms with Crippen LogP contribution in [-0.4, -0.2) is 62.3 Å². The van der Waals surface area contributed by atoms with E-state index in [1.165, 1.54) is 0 Å². The number of nitrogens with one attached hydrogen (secondary N) is 2. The van der Waals surface area contributed by atoms with E-state index in [2.05, 4.69) is 37.6 Å². The van der Waals surface area contributed by atoms with Crippen LogP contribution >= 0.6 is 0 Å². The Hall–Kier alpha value is -2.89. The molecule has 0 bridgehead atoms. The molecule has 0 radical (unpaired) electrons. The highest BCUT2D eigenvalue weighted by Crippen LogP contribution is 2.27. The maximum absolute atomic E-state index is 10.0. The molecule has 1 saturated heterocycles. The summed E-state index contributed by atoms with van der Waals surface area (Å²) in [5, 5.41) is 16.9. The van der Waals surface area contributed by atoms with Crippen LogP contribution in [0, 0.1) is 0 Å². The van der Waals surface area contributed by atoms with Crippen LogP contribution in [-0.2, 0) is 0 Å². The monoisotopic (exact) mass is 367 g/mol. The molecular weight excluding hydrogens is 338 g/mol. The average molecular weight is 367 g/mol. The average Bonchev–Trinajstić information content (AvgIpc) is 2.72. The van der Waals surface area contributed by atoms with Gasteiger partial charge in [0.15, 0.2) is 5.96 Å². The lowest BCUT2D eigenvalue weighted by Crippen LogP contribution is -2.52. The standard InChI is InChI=1S/C21H29N5O/c1-22-21(24-13-7-12-23-18-8-3-2-4-9-18)26-16-14-25(15-17-26)19-10-5-6-11-20(19)27/h2-6,8-11,23,27H,7,12-17H2,1H3,(H,22,24). The second-order valence-electron chi connectivity index (χ2n) is 6.58. The van der Waals surface area contributed by atoms with Gasteiger partial charge in [-0.1, -0.05) is 30.3 Å². The fourth-order valence-corrected chi connectivity index (χ4v) is 3.30. The van der Waals surface area contributed by atoms with E-state index in [4.69, 9.17) is 0 Å². The fraction of sp³-hybridized carbons (Fsp3) is 0.381. The van der Waals surface area contributed by atoms with Crippen LogP contribution in [0.1, 0.15) is 6.42 Å². The fourth-order valence-electron chi connectivity index (χ4n) is 3.30. The van der Waals surface area contributed by atoms with Crippen LogP contribution in [0.5, 0.6) is 5.75 Å². The summed E-state index contributed by atoms with van der Waals surface area (Å²) in [5.74, 6) is 1.30. The van der Waals surface area contributed by atoms with Crippen LogP contribution in [0.25, 0.3) is 0 Å². The molecule has 6 heteroatoms. The second kappa shape index (κ2) is 9.71. The Balaban J connectivity index is 1.39. The molecule has 1 aliphatic heterocycles. The molecule has 2 aromatic carbocycles. The summed E-state index contributed by atoms with van der Waals surface area (Å²) in [5.41, 5.74) is 2.06. The van der Waals surface area contributed by atoms with Crippen molar-refractivity contribution in [2.24, 2.45) is 4.99 Å². The number of hydrogen-bond donors (Lipinski definition) is 3. The maximum atomic E-state index is 10.0. The first kappa shape index (κ1) is 18.9. The van der Waals surface area contributed by atoms with E-state index in [9.17, 15) is 5.11 Å². The molecule has 144 valence electrons. The number of guanidine groups is 1. The molecule has 0 saturated carbocycles. The number of aromatic hydroxyl groups is 1. The molecule has 0 amide bonds. The highest BCUT2D eigenvalue weighted by Gasteiger charge is 2.21. The van der Waals surface area contributed by atoms with Gasteiger partial charge in [-0.2, -0.15) is 0 Å². The number of rotatable bonds is 6. The highest BCUT2D eigenvalue weighted by atomic mass is 16.3. The molecule has 0 unspecified atom stereocenters. The number of phenolic OH excluding ortho intramolecular Hbond substituents is 1. The summed E-state index contributed by atoms with van der Waals surface area (Å²) in [6.45, 7) is 5.31. The highest BCUT2D eigenvalue weighted by molar-refractivity contribution is 5.80. The predicted octanol–water partition coefficient (Wildman–Crippen LogP) is 2.59. The van der Waals surface area contributed by atoms with E-state index in [0.717, 1.165) is 63.0 Å². The van der Waals surface area contributed by atoms with Gasteiger partial charge in [-0.05, 0) is 30.7 Å². The Morgan fingerprint density at radius 3 is 2.37 bits per heavy atom. The maximum Gasteiger partial charge on any atom is 0.193 e. The number of benzene rings is 2. The zero-order valence-electron chi connectivity index (χ0n) is 15.9. The molecule has 27 heavy (non-hydrogen) atoms. The van der Waals surface area contributed by atoms with Crippen molar-refractivity contribution in [3.63, 3.8) is 0 Å². The van der Waals surface area contributed by atoms with Gasteiger partial charge in [0.2, 0.25) is 0 Å². The van der Waals surface area contributed by atoms with Crippen molar-refractivity contribution in [2.45, 2.75) is 6.42 Å². The molecule has 0 atom stereocenters. The Morgan fingerprint density at radius 2 is 1.67 bits per heavy atom. The summed E-state index contributed by atoms with van der Waals surface area (Å²) in [6, 6.07) is 17.8. The SMILES string of the molecule is CN=C(NCCCNc1ccccc1)N1CCN(c2ccccc2O)CC1. The van der Waals surface area contributed by atoms with Crippen molar-refractivity contribution in [2.75, 3.05) is 56.5 Å². The molecule has 2 aromatic rings. The van der Waals surface area contributed by atoms with E-state index in [1.54, 1.807) is 6.07 Å². The smallest absolute Gasteiger partial charge is 0.193 e. The third-order valence-electron chi connectivity index (χ3n) is 4.75. The Bertz CT molecular complexity index is 726. The second-order valence-corrected chi connectivity index (χ2v) is 6.58. The summed E-state index contributed by atoms with van der Waals surface area (Å²) < 4.78 is 0. The van der Waals surface area contributed by atoms with Gasteiger partial charge in [0.05, 0.1) is 5.69 Å². The first-order valence-electron chi connectivity index (χ1n) is 9.55. The van der Waals surface area contributed by atoms with E-state index in [0.29, 0.717) is 5.75 Å². The molecule has 0 aromatic heterocycles. The van der Waals surface area contributed by atoms with Crippen LogP contribution in [0.3, 0.4) is 0 Å². The first-order valence-corrected chi connectivity index (χ1v) is 9.55. The zero-order valence-corrected chi connectivity index (χ0v) is 15.9. The van der Waals surface area contributed by atoms with Crippen LogP contribution < -0.4 is 15.5 Å². The van der Waals surface area contributed by atoms with Gasteiger partial charge in [0, 0.05) is 52.0 Å². The van der Waals surface area contributed by atoms with Gasteiger partial charge in [0.25, 0.3) is 0 Å². The topological polar surface area (TPSA) is 63.1 Å². The van der Waals surface area contributed by atoms with Gasteiger partial charge in [-0.3, -0.25) is 4.99 Å². The summed E-state index contributed by atoms with van der Waals surface area (Å²) >= 11 is 0. The Kier molecular flexibility index (Phi) is 6.79. The molecule has 3 N–H and O–H groups in total. The lowest BCUT2D eigenvalue weighted by molar-refractivity contribution is 0.370. The molecule has 0 aliphatic carbocycles. The summed E-state index contributed by atoms with van der Waals surface area (Å²) in [7, 11) is 1.83. The van der Waals surface area contributed by atoms with Crippen LogP contribution in [0.4, 0.5) is 11.4 Å². The van der Waals surface area contributed by atoms with E-state index < -0.39 is 0 Å². The molecule has 3 rings (SSSR count). The van der Waals surface area contributed by atoms with Gasteiger partial charge < -0.3 is 25.5 Å². The molecule has 0 spiro atoms. The lowest BCUT2D eigenvalue weighted by Gasteiger charge is -2.37. The minimum Gasteiger partial charge on any atom is -0.506 e. The third-order valence-corrected chi connectivity index (χ3v) is 4.75. The number of para-hydroxylation sites is 3. The van der Waals surface area contributed by atoms with E-state index in [1.807, 2.05) is 43.4 Å². The Labute approximate surface area is 161 Å². The van der Waals surface area contributed by atoms with Gasteiger partial charge in [-0.15, -0.1) is 0 Å². The normalized spacial score (nSPS) is 14.9. The van der Waals surface area contributed by atoms with Crippen molar-refractivity contribution in [3.05, 3.63) is 54.6 Å². The van der Waals surface area contributed by atoms with Gasteiger partial charge >= 0.3 is 0 Å². The minimum atomic E-state index is 0.347. The van der Waals surface area contributed by atoms with Gasteiger partial charge in [0.1, 0.15) is 5.75 Å². The predicted molar refractivity (Wildman–Crippen MR) is 113 cm³/mol. The zero-order chi connectivity index (χ0) is 18.9. The number of hydrogen-bond acceptors (Lipinski definition) is 4. The third kappa shape index (κ3) is 5.29. The van der Waals surface area contributed by atoms with E-state index in [-0.39, 0.29) is 0 Å². The summed E-state index contributed by atoms with van der Waals surface area (Å²) in [6.07, 6.45) is 1.02. The molecule has 1 fully saturated rings. The van der Waals surface area contributed by atoms with Crippen LogP contribution in [0.2, 0.25) is 0 Å². The molecule has 1 heterocycles. The first-order chi connectivity index (χ1) is 13.3. The Morgan fingerprint density at radius 1 is 0.963 bits per heavy atom. The lowest BCUT2D eigenvalue weighted by atomic mass is 10.2. The number of nitrogens with zero attached hydrogens (tertiary/aromatic N) is 3. The quantitative estimate of drug-likeness (QED) is 0.416. The van der Waals surface area contributed by atoms with Gasteiger partial charge in [-0.25, -0.2) is 0 Å². The number of piperazine rings is 1. The largest absolute Gasteiger partial charge is 0.506 e. The number of aliphatic imine (C=N–C) groups is 1. The van der Waals surface area contributed by atoms with Crippen molar-refractivity contribution in [3.8, 4) is 5.75 Å². The van der Waals surface area contributed by atoms with Crippen LogP contribution in [0.15, 0.2) is 59.6 Å². The van der Waals surface area contributed by atoms with Crippen molar-refractivity contribution < 1.29 is 5.11 Å².